The van der Waals surface area contributed by atoms with Crippen molar-refractivity contribution in [3.8, 4) is 0 Å². The van der Waals surface area contributed by atoms with Crippen LogP contribution in [-0.2, 0) is 10.3 Å². The molecule has 20 heavy (non-hydrogen) atoms. The molecule has 1 aliphatic heterocycles. The molecule has 0 amide bonds. The average molecular weight is 275 g/mol. The van der Waals surface area contributed by atoms with Crippen LogP contribution in [0.1, 0.15) is 38.6 Å². The van der Waals surface area contributed by atoms with Gasteiger partial charge in [0.25, 0.3) is 0 Å². The highest BCUT2D eigenvalue weighted by Crippen LogP contribution is 2.34. The fraction of sp³-hybridized carbons (Fsp3) is 0.533. The highest BCUT2D eigenvalue weighted by Gasteiger charge is 2.34. The van der Waals surface area contributed by atoms with Gasteiger partial charge >= 0.3 is 0 Å². The maximum absolute atomic E-state index is 10.1. The molecule has 0 bridgehead atoms. The Kier molecular flexibility index (Phi) is 3.18. The molecule has 3 rings (SSSR count). The second-order valence-corrected chi connectivity index (χ2v) is 5.88. The van der Waals surface area contributed by atoms with E-state index >= 15 is 0 Å². The Morgan fingerprint density at radius 1 is 1.50 bits per heavy atom. The van der Waals surface area contributed by atoms with E-state index in [1.807, 2.05) is 18.2 Å². The van der Waals surface area contributed by atoms with E-state index in [9.17, 15) is 5.11 Å². The Hall–Kier alpha value is -1.59. The van der Waals surface area contributed by atoms with E-state index in [4.69, 9.17) is 10.5 Å². The molecule has 1 aromatic heterocycles. The molecule has 2 aromatic rings. The molecular weight excluding hydrogens is 254 g/mol. The van der Waals surface area contributed by atoms with E-state index in [0.717, 1.165) is 30.5 Å². The van der Waals surface area contributed by atoms with Crippen molar-refractivity contribution in [2.24, 2.45) is 0 Å². The van der Waals surface area contributed by atoms with Crippen LogP contribution in [0.25, 0.3) is 11.0 Å². The summed E-state index contributed by atoms with van der Waals surface area (Å²) in [5.41, 5.74) is 8.18. The number of fused-ring (bicyclic) bond motifs is 1. The molecule has 1 saturated heterocycles. The molecule has 0 saturated carbocycles. The summed E-state index contributed by atoms with van der Waals surface area (Å²) in [7, 11) is 0. The molecule has 0 spiro atoms. The lowest BCUT2D eigenvalue weighted by Crippen LogP contribution is -2.40. The van der Waals surface area contributed by atoms with Gasteiger partial charge < -0.3 is 20.1 Å². The molecule has 2 heterocycles. The minimum absolute atomic E-state index is 0.171. The Morgan fingerprint density at radius 3 is 2.95 bits per heavy atom. The number of aromatic nitrogens is 2. The molecule has 5 heteroatoms. The summed E-state index contributed by atoms with van der Waals surface area (Å²) in [6, 6.07) is 5.70. The van der Waals surface area contributed by atoms with Crippen molar-refractivity contribution in [3.63, 3.8) is 0 Å². The van der Waals surface area contributed by atoms with Crippen molar-refractivity contribution in [2.45, 2.75) is 38.3 Å². The van der Waals surface area contributed by atoms with Crippen molar-refractivity contribution in [1.29, 1.82) is 0 Å². The fourth-order valence-corrected chi connectivity index (χ4v) is 3.06. The predicted molar refractivity (Wildman–Crippen MR) is 78.5 cm³/mol. The maximum Gasteiger partial charge on any atom is 0.139 e. The summed E-state index contributed by atoms with van der Waals surface area (Å²) < 4.78 is 7.79. The largest absolute Gasteiger partial charge is 0.399 e. The number of hydrogen-bond donors (Lipinski definition) is 2. The second-order valence-electron chi connectivity index (χ2n) is 5.88. The lowest BCUT2D eigenvalue weighted by Gasteiger charge is -2.37. The second kappa shape index (κ2) is 4.75. The normalized spacial score (nSPS) is 24.9. The molecule has 1 aliphatic rings. The summed E-state index contributed by atoms with van der Waals surface area (Å²) in [6.45, 7) is 5.35. The van der Waals surface area contributed by atoms with Crippen LogP contribution in [0.15, 0.2) is 18.2 Å². The van der Waals surface area contributed by atoms with E-state index in [1.165, 1.54) is 0 Å². The SMILES string of the molecule is CC(O)c1nc2cc(N)ccc2n1C1(C)CCCOC1. The monoisotopic (exact) mass is 275 g/mol. The van der Waals surface area contributed by atoms with Crippen LogP contribution in [0.2, 0.25) is 0 Å². The van der Waals surface area contributed by atoms with Crippen molar-refractivity contribution < 1.29 is 9.84 Å². The van der Waals surface area contributed by atoms with Gasteiger partial charge in [-0.1, -0.05) is 0 Å². The van der Waals surface area contributed by atoms with E-state index in [1.54, 1.807) is 6.92 Å². The lowest BCUT2D eigenvalue weighted by molar-refractivity contribution is 0.00705. The number of nitrogen functional groups attached to an aromatic ring is 1. The Labute approximate surface area is 118 Å². The Morgan fingerprint density at radius 2 is 2.30 bits per heavy atom. The van der Waals surface area contributed by atoms with Crippen LogP contribution in [0.3, 0.4) is 0 Å². The molecule has 2 atom stereocenters. The number of hydrogen-bond acceptors (Lipinski definition) is 4. The van der Waals surface area contributed by atoms with Crippen molar-refractivity contribution in [3.05, 3.63) is 24.0 Å². The molecule has 5 nitrogen and oxygen atoms in total. The van der Waals surface area contributed by atoms with Crippen LogP contribution < -0.4 is 5.73 Å². The summed E-state index contributed by atoms with van der Waals surface area (Å²) >= 11 is 0. The first-order chi connectivity index (χ1) is 9.51. The number of nitrogens with two attached hydrogens (primary N) is 1. The van der Waals surface area contributed by atoms with E-state index in [-0.39, 0.29) is 5.54 Å². The molecule has 0 radical (unpaired) electrons. The van der Waals surface area contributed by atoms with E-state index < -0.39 is 6.10 Å². The maximum atomic E-state index is 10.1. The number of anilines is 1. The number of nitrogens with zero attached hydrogens (tertiary/aromatic N) is 2. The van der Waals surface area contributed by atoms with Crippen LogP contribution in [0, 0.1) is 0 Å². The van der Waals surface area contributed by atoms with Gasteiger partial charge in [-0.2, -0.15) is 0 Å². The standard InChI is InChI=1S/C15H21N3O2/c1-10(19)14-17-12-8-11(16)4-5-13(12)18(14)15(2)6-3-7-20-9-15/h4-5,8,10,19H,3,6-7,9,16H2,1-2H3. The Bertz CT molecular complexity index is 627. The molecule has 1 fully saturated rings. The van der Waals surface area contributed by atoms with Crippen LogP contribution >= 0.6 is 0 Å². The first-order valence-corrected chi connectivity index (χ1v) is 7.05. The van der Waals surface area contributed by atoms with Gasteiger partial charge in [-0.3, -0.25) is 0 Å². The van der Waals surface area contributed by atoms with Gasteiger partial charge in [0, 0.05) is 12.3 Å². The zero-order valence-electron chi connectivity index (χ0n) is 12.0. The molecule has 2 unspecified atom stereocenters. The average Bonchev–Trinajstić information content (AvgIpc) is 2.79. The zero-order valence-corrected chi connectivity index (χ0v) is 12.0. The third-order valence-electron chi connectivity index (χ3n) is 4.04. The minimum Gasteiger partial charge on any atom is -0.399 e. The fourth-order valence-electron chi connectivity index (χ4n) is 3.06. The lowest BCUT2D eigenvalue weighted by atomic mass is 9.93. The predicted octanol–water partition coefficient (Wildman–Crippen LogP) is 2.20. The van der Waals surface area contributed by atoms with Gasteiger partial charge in [0.15, 0.2) is 0 Å². The van der Waals surface area contributed by atoms with Crippen LogP contribution in [-0.4, -0.2) is 27.9 Å². The van der Waals surface area contributed by atoms with Crippen LogP contribution in [0.4, 0.5) is 5.69 Å². The number of benzene rings is 1. The van der Waals surface area contributed by atoms with Crippen molar-refractivity contribution in [2.75, 3.05) is 18.9 Å². The molecular formula is C15H21N3O2. The van der Waals surface area contributed by atoms with Gasteiger partial charge in [-0.15, -0.1) is 0 Å². The molecule has 0 aliphatic carbocycles. The highest BCUT2D eigenvalue weighted by atomic mass is 16.5. The molecule has 108 valence electrons. The highest BCUT2D eigenvalue weighted by molar-refractivity contribution is 5.80. The third kappa shape index (κ3) is 2.07. The zero-order chi connectivity index (χ0) is 14.3. The number of aliphatic hydroxyl groups is 1. The van der Waals surface area contributed by atoms with Gasteiger partial charge in [0.1, 0.15) is 11.9 Å². The molecule has 3 N–H and O–H groups in total. The van der Waals surface area contributed by atoms with E-state index in [0.29, 0.717) is 18.1 Å². The minimum atomic E-state index is -0.623. The third-order valence-corrected chi connectivity index (χ3v) is 4.04. The van der Waals surface area contributed by atoms with Gasteiger partial charge in [-0.25, -0.2) is 4.98 Å². The smallest absolute Gasteiger partial charge is 0.139 e. The van der Waals surface area contributed by atoms with Gasteiger partial charge in [0.2, 0.25) is 0 Å². The number of ether oxygens (including phenoxy) is 1. The summed E-state index contributed by atoms with van der Waals surface area (Å²) in [6.07, 6.45) is 1.41. The number of rotatable bonds is 2. The first kappa shape index (κ1) is 13.4. The summed E-state index contributed by atoms with van der Waals surface area (Å²) in [5.74, 6) is 0.679. The number of aliphatic hydroxyl groups excluding tert-OH is 1. The van der Waals surface area contributed by atoms with E-state index in [2.05, 4.69) is 16.5 Å². The first-order valence-electron chi connectivity index (χ1n) is 7.05. The summed E-state index contributed by atoms with van der Waals surface area (Å²) in [4.78, 5) is 4.57. The van der Waals surface area contributed by atoms with Crippen molar-refractivity contribution >= 4 is 16.7 Å². The Balaban J connectivity index is 2.23. The van der Waals surface area contributed by atoms with Crippen LogP contribution in [0.5, 0.6) is 0 Å². The summed E-state index contributed by atoms with van der Waals surface area (Å²) in [5, 5.41) is 10.1. The quantitative estimate of drug-likeness (QED) is 0.824. The number of imidazole rings is 1. The van der Waals surface area contributed by atoms with Crippen molar-refractivity contribution in [1.82, 2.24) is 9.55 Å². The van der Waals surface area contributed by atoms with Gasteiger partial charge in [0.05, 0.1) is 23.2 Å². The van der Waals surface area contributed by atoms with Gasteiger partial charge in [-0.05, 0) is 44.9 Å². The topological polar surface area (TPSA) is 73.3 Å². The molecule has 1 aromatic carbocycles.